The molecular weight excluding hydrogens is 935 g/mol. The lowest BCUT2D eigenvalue weighted by Gasteiger charge is -2.20. The molecule has 0 spiro atoms. The van der Waals surface area contributed by atoms with Gasteiger partial charge in [0.1, 0.15) is 0 Å². The lowest BCUT2D eigenvalue weighted by atomic mass is 10.0. The number of esters is 1. The third kappa shape index (κ3) is 60.8. The van der Waals surface area contributed by atoms with E-state index < -0.39 is 12.1 Å². The van der Waals surface area contributed by atoms with E-state index in [9.17, 15) is 19.8 Å². The van der Waals surface area contributed by atoms with E-state index in [0.717, 1.165) is 57.8 Å². The number of unbranched alkanes of at least 4 members (excludes halogenated alkanes) is 43. The molecule has 2 atom stereocenters. The quantitative estimate of drug-likeness (QED) is 0.0320. The van der Waals surface area contributed by atoms with Crippen molar-refractivity contribution in [3.05, 3.63) is 60.8 Å². The molecule has 0 fully saturated rings. The number of hydrogen-bond acceptors (Lipinski definition) is 5. The van der Waals surface area contributed by atoms with E-state index in [0.29, 0.717) is 19.4 Å². The molecule has 0 saturated heterocycles. The van der Waals surface area contributed by atoms with Gasteiger partial charge < -0.3 is 20.3 Å². The summed E-state index contributed by atoms with van der Waals surface area (Å²) in [7, 11) is 0. The highest BCUT2D eigenvalue weighted by molar-refractivity contribution is 5.76. The average Bonchev–Trinajstić information content (AvgIpc) is 3.42. The maximum atomic E-state index is 12.4. The number of carbonyl (C=O) groups is 2. The second-order valence-electron chi connectivity index (χ2n) is 22.8. The summed E-state index contributed by atoms with van der Waals surface area (Å²) in [5.41, 5.74) is 0. The molecule has 0 aromatic carbocycles. The second kappa shape index (κ2) is 65.1. The molecule has 0 bridgehead atoms. The van der Waals surface area contributed by atoms with Crippen LogP contribution in [0.25, 0.3) is 0 Å². The van der Waals surface area contributed by atoms with Gasteiger partial charge >= 0.3 is 5.97 Å². The highest BCUT2D eigenvalue weighted by Gasteiger charge is 2.18. The summed E-state index contributed by atoms with van der Waals surface area (Å²) < 4.78 is 5.49. The van der Waals surface area contributed by atoms with Crippen LogP contribution in [-0.4, -0.2) is 47.4 Å². The lowest BCUT2D eigenvalue weighted by Crippen LogP contribution is -2.45. The molecule has 6 heteroatoms. The molecule has 0 saturated carbocycles. The fraction of sp³-hybridized carbons (Fsp3) is 0.829. The number of amides is 1. The second-order valence-corrected chi connectivity index (χ2v) is 22.8. The van der Waals surface area contributed by atoms with E-state index in [1.165, 1.54) is 263 Å². The summed E-state index contributed by atoms with van der Waals surface area (Å²) in [6, 6.07) is -0.626. The van der Waals surface area contributed by atoms with Gasteiger partial charge in [0.05, 0.1) is 25.4 Å². The molecule has 2 unspecified atom stereocenters. The molecule has 444 valence electrons. The average molecular weight is 1060 g/mol. The maximum absolute atomic E-state index is 12.4. The van der Waals surface area contributed by atoms with Crippen molar-refractivity contribution in [2.45, 2.75) is 360 Å². The lowest BCUT2D eigenvalue weighted by molar-refractivity contribution is -0.143. The predicted molar refractivity (Wildman–Crippen MR) is 333 cm³/mol. The Hall–Kier alpha value is -2.44. The summed E-state index contributed by atoms with van der Waals surface area (Å²) in [5, 5.41) is 23.0. The maximum Gasteiger partial charge on any atom is 0.305 e. The Morgan fingerprint density at radius 2 is 0.658 bits per heavy atom. The highest BCUT2D eigenvalue weighted by Crippen LogP contribution is 2.17. The van der Waals surface area contributed by atoms with Crippen LogP contribution < -0.4 is 5.32 Å². The minimum Gasteiger partial charge on any atom is -0.466 e. The standard InChI is InChI=1S/C70H129NO5/c1-3-5-7-9-11-13-15-16-17-18-35-38-41-44-48-52-56-60-64-70(75)76-65-61-57-53-49-45-42-39-36-33-31-29-27-25-23-21-19-20-22-24-26-28-30-32-34-37-40-43-47-51-55-59-63-69(74)71-67(66-72)68(73)62-58-54-50-46-14-12-10-8-6-4-2/h13,15,17-18,21,23,27,29,58,62,67-68,72-73H,3-12,14,16,19-20,22,24-26,28,30-57,59-61,63-66H2,1-2H3,(H,71,74)/b15-13-,18-17-,23-21-,29-27-,62-58+. The molecule has 0 radical (unpaired) electrons. The molecule has 76 heavy (non-hydrogen) atoms. The Balaban J connectivity index is 3.39. The van der Waals surface area contributed by atoms with Gasteiger partial charge in [0.25, 0.3) is 0 Å². The minimum absolute atomic E-state index is 0.00513. The zero-order valence-corrected chi connectivity index (χ0v) is 50.7. The third-order valence-corrected chi connectivity index (χ3v) is 15.3. The van der Waals surface area contributed by atoms with Gasteiger partial charge in [-0.05, 0) is 96.3 Å². The van der Waals surface area contributed by atoms with Crippen molar-refractivity contribution in [2.75, 3.05) is 13.2 Å². The number of ether oxygens (including phenoxy) is 1. The van der Waals surface area contributed by atoms with Crippen LogP contribution in [0.2, 0.25) is 0 Å². The van der Waals surface area contributed by atoms with Gasteiger partial charge in [0.2, 0.25) is 5.91 Å². The number of allylic oxidation sites excluding steroid dienone is 9. The monoisotopic (exact) mass is 1060 g/mol. The van der Waals surface area contributed by atoms with Crippen molar-refractivity contribution in [1.82, 2.24) is 5.32 Å². The first-order chi connectivity index (χ1) is 37.5. The van der Waals surface area contributed by atoms with Crippen LogP contribution in [0.1, 0.15) is 348 Å². The van der Waals surface area contributed by atoms with Gasteiger partial charge in [-0.25, -0.2) is 0 Å². The Labute approximate surface area is 473 Å². The van der Waals surface area contributed by atoms with Crippen LogP contribution in [0.3, 0.4) is 0 Å². The molecule has 0 aromatic heterocycles. The van der Waals surface area contributed by atoms with Gasteiger partial charge in [0, 0.05) is 12.8 Å². The van der Waals surface area contributed by atoms with Crippen molar-refractivity contribution in [2.24, 2.45) is 0 Å². The summed E-state index contributed by atoms with van der Waals surface area (Å²) in [5.74, 6) is -0.0641. The Morgan fingerprint density at radius 3 is 1.01 bits per heavy atom. The van der Waals surface area contributed by atoms with Crippen LogP contribution in [0.15, 0.2) is 60.8 Å². The smallest absolute Gasteiger partial charge is 0.305 e. The van der Waals surface area contributed by atoms with E-state index in [1.807, 2.05) is 6.08 Å². The number of aliphatic hydroxyl groups is 2. The van der Waals surface area contributed by atoms with Gasteiger partial charge in [-0.1, -0.05) is 299 Å². The number of aliphatic hydroxyl groups excluding tert-OH is 2. The zero-order valence-electron chi connectivity index (χ0n) is 50.7. The largest absolute Gasteiger partial charge is 0.466 e. The summed E-state index contributed by atoms with van der Waals surface area (Å²) in [4.78, 5) is 24.5. The number of rotatable bonds is 62. The first-order valence-corrected chi connectivity index (χ1v) is 33.6. The van der Waals surface area contributed by atoms with Crippen LogP contribution in [-0.2, 0) is 14.3 Å². The van der Waals surface area contributed by atoms with Crippen LogP contribution in [0.4, 0.5) is 0 Å². The molecule has 0 aliphatic heterocycles. The minimum atomic E-state index is -0.843. The van der Waals surface area contributed by atoms with E-state index in [2.05, 4.69) is 67.8 Å². The van der Waals surface area contributed by atoms with E-state index in [-0.39, 0.29) is 18.5 Å². The molecule has 6 nitrogen and oxygen atoms in total. The van der Waals surface area contributed by atoms with Crippen molar-refractivity contribution < 1.29 is 24.5 Å². The molecule has 0 rings (SSSR count). The first kappa shape index (κ1) is 73.6. The normalized spacial score (nSPS) is 12.9. The molecule has 0 aliphatic rings. The SMILES string of the molecule is CCCCCC/C=C\C/C=C\CCCCCCCCCC(=O)OCCCCCCCCCCC/C=C\C/C=C\CCCCCCCCCCCCCCCCCC(=O)NC(CO)C(O)/C=C/CCCCCCCCCC. The van der Waals surface area contributed by atoms with E-state index in [4.69, 9.17) is 4.74 Å². The van der Waals surface area contributed by atoms with E-state index in [1.54, 1.807) is 6.08 Å². The Kier molecular flexibility index (Phi) is 63.0. The summed E-state index contributed by atoms with van der Waals surface area (Å²) >= 11 is 0. The van der Waals surface area contributed by atoms with Crippen LogP contribution >= 0.6 is 0 Å². The molecule has 3 N–H and O–H groups in total. The predicted octanol–water partition coefficient (Wildman–Crippen LogP) is 21.5. The molecular formula is C70H129NO5. The Bertz CT molecular complexity index is 1320. The highest BCUT2D eigenvalue weighted by atomic mass is 16.5. The van der Waals surface area contributed by atoms with Crippen molar-refractivity contribution >= 4 is 11.9 Å². The van der Waals surface area contributed by atoms with Crippen molar-refractivity contribution in [3.63, 3.8) is 0 Å². The summed E-state index contributed by atoms with van der Waals surface area (Å²) in [6.45, 7) is 4.87. The number of nitrogens with one attached hydrogen (secondary N) is 1. The van der Waals surface area contributed by atoms with Gasteiger partial charge in [-0.15, -0.1) is 0 Å². The van der Waals surface area contributed by atoms with E-state index >= 15 is 0 Å². The fourth-order valence-electron chi connectivity index (χ4n) is 10.1. The van der Waals surface area contributed by atoms with Crippen LogP contribution in [0, 0.1) is 0 Å². The van der Waals surface area contributed by atoms with Crippen molar-refractivity contribution in [1.29, 1.82) is 0 Å². The summed E-state index contributed by atoms with van der Waals surface area (Å²) in [6.07, 6.45) is 85.8. The Morgan fingerprint density at radius 1 is 0.368 bits per heavy atom. The molecule has 0 aromatic rings. The van der Waals surface area contributed by atoms with Gasteiger partial charge in [-0.3, -0.25) is 9.59 Å². The van der Waals surface area contributed by atoms with Crippen LogP contribution in [0.5, 0.6) is 0 Å². The molecule has 0 heterocycles. The molecule has 0 aliphatic carbocycles. The zero-order chi connectivity index (χ0) is 55.0. The topological polar surface area (TPSA) is 95.9 Å². The number of carbonyl (C=O) groups excluding carboxylic acids is 2. The van der Waals surface area contributed by atoms with Gasteiger partial charge in [0.15, 0.2) is 0 Å². The first-order valence-electron chi connectivity index (χ1n) is 33.6. The molecule has 1 amide bonds. The third-order valence-electron chi connectivity index (χ3n) is 15.3. The van der Waals surface area contributed by atoms with Crippen molar-refractivity contribution in [3.8, 4) is 0 Å². The fourth-order valence-corrected chi connectivity index (χ4v) is 10.1. The van der Waals surface area contributed by atoms with Gasteiger partial charge in [-0.2, -0.15) is 0 Å². The number of hydrogen-bond donors (Lipinski definition) is 3.